The van der Waals surface area contributed by atoms with Crippen molar-refractivity contribution in [3.05, 3.63) is 54.2 Å². The van der Waals surface area contributed by atoms with Gasteiger partial charge in [0.15, 0.2) is 28.8 Å². The van der Waals surface area contributed by atoms with Crippen LogP contribution in [0, 0.1) is 0 Å². The van der Waals surface area contributed by atoms with E-state index in [0.29, 0.717) is 34.9 Å². The second-order valence-corrected chi connectivity index (χ2v) is 8.66. The van der Waals surface area contributed by atoms with Gasteiger partial charge >= 0.3 is 0 Å². The van der Waals surface area contributed by atoms with Crippen LogP contribution >= 0.6 is 0 Å². The molecule has 1 fully saturated rings. The molecule has 4 N–H and O–H groups in total. The lowest BCUT2D eigenvalue weighted by Gasteiger charge is -2.16. The highest BCUT2D eigenvalue weighted by molar-refractivity contribution is 5.97. The molecule has 0 aliphatic carbocycles. The highest BCUT2D eigenvalue weighted by Crippen LogP contribution is 2.35. The minimum absolute atomic E-state index is 0.0297. The van der Waals surface area contributed by atoms with Gasteiger partial charge in [0, 0.05) is 44.3 Å². The van der Waals surface area contributed by atoms with Gasteiger partial charge in [0.05, 0.1) is 25.2 Å². The van der Waals surface area contributed by atoms with Crippen LogP contribution in [0.25, 0.3) is 22.6 Å². The first-order chi connectivity index (χ1) is 17.7. The van der Waals surface area contributed by atoms with Crippen LogP contribution in [0.5, 0.6) is 5.75 Å². The van der Waals surface area contributed by atoms with Gasteiger partial charge in [-0.2, -0.15) is 5.10 Å². The Morgan fingerprint density at radius 3 is 2.76 bits per heavy atom. The standard InChI is InChI=1S/C24H24N8O5/c1-31-8-7-24(35,23(31)34)18-10-15(30-37-18)13-5-4-6-14(9-13)21-26-11-16(19(28-21)20(25)33)27-22-17(36-3)12-32(2)29-22/h4-6,9-12,35H,7-8H2,1-3H3,(H2,25,33)(H,27,29)/t24-/m1/s1. The molecule has 0 bridgehead atoms. The summed E-state index contributed by atoms with van der Waals surface area (Å²) in [5, 5.41) is 22.1. The Morgan fingerprint density at radius 1 is 1.27 bits per heavy atom. The number of hydrogen-bond donors (Lipinski definition) is 3. The molecule has 4 aromatic rings. The smallest absolute Gasteiger partial charge is 0.269 e. The van der Waals surface area contributed by atoms with Gasteiger partial charge in [-0.15, -0.1) is 0 Å². The molecule has 190 valence electrons. The normalized spacial score (nSPS) is 17.3. The minimum Gasteiger partial charge on any atom is -0.491 e. The summed E-state index contributed by atoms with van der Waals surface area (Å²) in [6.07, 6.45) is 3.32. The van der Waals surface area contributed by atoms with Crippen molar-refractivity contribution < 1.29 is 24.0 Å². The van der Waals surface area contributed by atoms with Gasteiger partial charge in [0.25, 0.3) is 11.8 Å². The Labute approximate surface area is 210 Å². The Hall–Kier alpha value is -4.78. The molecule has 1 atom stereocenters. The fourth-order valence-corrected chi connectivity index (χ4v) is 4.14. The van der Waals surface area contributed by atoms with E-state index in [2.05, 4.69) is 25.5 Å². The molecule has 1 aliphatic rings. The Morgan fingerprint density at radius 2 is 2.05 bits per heavy atom. The first-order valence-electron chi connectivity index (χ1n) is 11.3. The first-order valence-corrected chi connectivity index (χ1v) is 11.3. The van der Waals surface area contributed by atoms with Crippen molar-refractivity contribution in [1.29, 1.82) is 0 Å². The number of likely N-dealkylation sites (N-methyl/N-ethyl adjacent to an activating group) is 1. The van der Waals surface area contributed by atoms with E-state index in [1.54, 1.807) is 55.3 Å². The summed E-state index contributed by atoms with van der Waals surface area (Å²) in [6.45, 7) is 0.415. The Bertz CT molecular complexity index is 1510. The lowest BCUT2D eigenvalue weighted by molar-refractivity contribution is -0.144. The number of nitrogens with two attached hydrogens (primary N) is 1. The third-order valence-electron chi connectivity index (χ3n) is 6.13. The average Bonchev–Trinajstić information content (AvgIpc) is 3.59. The van der Waals surface area contributed by atoms with Crippen LogP contribution in [0.2, 0.25) is 0 Å². The topological polar surface area (TPSA) is 175 Å². The molecular formula is C24H24N8O5. The van der Waals surface area contributed by atoms with Crippen LogP contribution in [0.1, 0.15) is 22.7 Å². The number of amides is 2. The maximum Gasteiger partial charge on any atom is 0.269 e. The van der Waals surface area contributed by atoms with Gasteiger partial charge in [-0.3, -0.25) is 14.3 Å². The molecule has 1 aromatic carbocycles. The Balaban J connectivity index is 1.45. The summed E-state index contributed by atoms with van der Waals surface area (Å²) >= 11 is 0. The van der Waals surface area contributed by atoms with E-state index in [1.165, 1.54) is 18.2 Å². The van der Waals surface area contributed by atoms with Gasteiger partial charge < -0.3 is 30.3 Å². The lowest BCUT2D eigenvalue weighted by atomic mass is 9.98. The van der Waals surface area contributed by atoms with Crippen molar-refractivity contribution in [1.82, 2.24) is 29.8 Å². The molecular weight excluding hydrogens is 480 g/mol. The Kier molecular flexibility index (Phi) is 5.84. The number of ether oxygens (including phenoxy) is 1. The molecule has 1 saturated heterocycles. The molecule has 0 saturated carbocycles. The molecule has 5 rings (SSSR count). The zero-order valence-electron chi connectivity index (χ0n) is 20.3. The number of nitrogens with zero attached hydrogens (tertiary/aromatic N) is 6. The molecule has 3 aromatic heterocycles. The molecule has 0 spiro atoms. The molecule has 0 unspecified atom stereocenters. The van der Waals surface area contributed by atoms with E-state index in [1.807, 2.05) is 0 Å². The van der Waals surface area contributed by atoms with Crippen LogP contribution in [0.15, 0.2) is 47.2 Å². The molecule has 13 heteroatoms. The number of aryl methyl sites for hydroxylation is 1. The molecule has 13 nitrogen and oxygen atoms in total. The van der Waals surface area contributed by atoms with E-state index in [0.717, 1.165) is 0 Å². The van der Waals surface area contributed by atoms with E-state index < -0.39 is 17.4 Å². The SMILES string of the molecule is COc1cn(C)nc1Nc1cnc(-c2cccc(-c3cc([C@]4(O)CCN(C)C4=O)on3)c2)nc1C(N)=O. The summed E-state index contributed by atoms with van der Waals surface area (Å²) in [4.78, 5) is 34.8. The van der Waals surface area contributed by atoms with Gasteiger partial charge in [-0.1, -0.05) is 23.4 Å². The maximum atomic E-state index is 12.4. The van der Waals surface area contributed by atoms with E-state index in [4.69, 9.17) is 15.0 Å². The van der Waals surface area contributed by atoms with Crippen molar-refractivity contribution in [2.45, 2.75) is 12.0 Å². The fraction of sp³-hybridized carbons (Fsp3) is 0.250. The predicted octanol–water partition coefficient (Wildman–Crippen LogP) is 1.43. The number of likely N-dealkylation sites (tertiary alicyclic amines) is 1. The quantitative estimate of drug-likeness (QED) is 0.334. The molecule has 1 aliphatic heterocycles. The number of rotatable bonds is 7. The minimum atomic E-state index is -1.74. The van der Waals surface area contributed by atoms with Crippen LogP contribution in [-0.4, -0.2) is 67.4 Å². The first kappa shape index (κ1) is 23.9. The number of aromatic nitrogens is 5. The predicted molar refractivity (Wildman–Crippen MR) is 131 cm³/mol. The molecule has 0 radical (unpaired) electrons. The van der Waals surface area contributed by atoms with Crippen LogP contribution in [0.3, 0.4) is 0 Å². The van der Waals surface area contributed by atoms with Crippen LogP contribution in [0.4, 0.5) is 11.5 Å². The molecule has 37 heavy (non-hydrogen) atoms. The van der Waals surface area contributed by atoms with Crippen molar-refractivity contribution in [2.24, 2.45) is 12.8 Å². The largest absolute Gasteiger partial charge is 0.491 e. The number of carbonyl (C=O) groups excluding carboxylic acids is 2. The zero-order valence-corrected chi connectivity index (χ0v) is 20.3. The third kappa shape index (κ3) is 4.25. The summed E-state index contributed by atoms with van der Waals surface area (Å²) < 4.78 is 12.2. The number of nitrogens with one attached hydrogen (secondary N) is 1. The van der Waals surface area contributed by atoms with Gasteiger partial charge in [-0.25, -0.2) is 9.97 Å². The second-order valence-electron chi connectivity index (χ2n) is 8.66. The number of primary amides is 1. The number of aliphatic hydroxyl groups is 1. The number of carbonyl (C=O) groups is 2. The molecule has 2 amide bonds. The maximum absolute atomic E-state index is 12.4. The number of benzene rings is 1. The summed E-state index contributed by atoms with van der Waals surface area (Å²) in [6, 6.07) is 8.61. The van der Waals surface area contributed by atoms with Gasteiger partial charge in [0.2, 0.25) is 5.60 Å². The van der Waals surface area contributed by atoms with E-state index >= 15 is 0 Å². The lowest BCUT2D eigenvalue weighted by Crippen LogP contribution is -2.35. The highest BCUT2D eigenvalue weighted by Gasteiger charge is 2.48. The summed E-state index contributed by atoms with van der Waals surface area (Å²) in [5.41, 5.74) is 5.75. The number of anilines is 2. The van der Waals surface area contributed by atoms with Crippen molar-refractivity contribution in [3.8, 4) is 28.4 Å². The summed E-state index contributed by atoms with van der Waals surface area (Å²) in [5.74, 6) is -0.0104. The van der Waals surface area contributed by atoms with Crippen LogP contribution < -0.4 is 15.8 Å². The van der Waals surface area contributed by atoms with Gasteiger partial charge in [0.1, 0.15) is 5.69 Å². The van der Waals surface area contributed by atoms with E-state index in [-0.39, 0.29) is 29.4 Å². The van der Waals surface area contributed by atoms with Crippen molar-refractivity contribution in [3.63, 3.8) is 0 Å². The van der Waals surface area contributed by atoms with Gasteiger partial charge in [-0.05, 0) is 6.07 Å². The number of hydrogen-bond acceptors (Lipinski definition) is 10. The fourth-order valence-electron chi connectivity index (χ4n) is 4.14. The zero-order chi connectivity index (χ0) is 26.3. The average molecular weight is 505 g/mol. The monoisotopic (exact) mass is 504 g/mol. The third-order valence-corrected chi connectivity index (χ3v) is 6.13. The second kappa shape index (κ2) is 9.02. The highest BCUT2D eigenvalue weighted by atomic mass is 16.5. The van der Waals surface area contributed by atoms with Crippen LogP contribution in [-0.2, 0) is 17.4 Å². The summed E-state index contributed by atoms with van der Waals surface area (Å²) in [7, 11) is 4.86. The van der Waals surface area contributed by atoms with Crippen molar-refractivity contribution in [2.75, 3.05) is 26.0 Å². The number of methoxy groups -OCH3 is 1. The van der Waals surface area contributed by atoms with Crippen molar-refractivity contribution >= 4 is 23.3 Å². The molecule has 4 heterocycles. The van der Waals surface area contributed by atoms with E-state index in [9.17, 15) is 14.7 Å².